The predicted octanol–water partition coefficient (Wildman–Crippen LogP) is 7.16. The number of carbonyl (C=O) groups is 4. The third-order valence-electron chi connectivity index (χ3n) is 8.42. The number of unbranched alkanes of at least 4 members (excludes halogenated alkanes) is 18. The minimum absolute atomic E-state index is 0.0314. The molecule has 0 aliphatic carbocycles. The fourth-order valence-electron chi connectivity index (χ4n) is 5.41. The van der Waals surface area contributed by atoms with Gasteiger partial charge in [-0.1, -0.05) is 129 Å². The van der Waals surface area contributed by atoms with Crippen LogP contribution in [0.5, 0.6) is 0 Å². The Bertz CT molecular complexity index is 816. The molecule has 11 heteroatoms. The Hall–Kier alpha value is -1.85. The van der Waals surface area contributed by atoms with Gasteiger partial charge in [0.2, 0.25) is 5.91 Å². The summed E-state index contributed by atoms with van der Waals surface area (Å²) in [4.78, 5) is 49.0. The summed E-state index contributed by atoms with van der Waals surface area (Å²) in [5.74, 6) is -1.33. The van der Waals surface area contributed by atoms with E-state index in [4.69, 9.17) is 15.2 Å². The summed E-state index contributed by atoms with van der Waals surface area (Å²) in [6.07, 6.45) is 24.7. The first-order valence-electron chi connectivity index (χ1n) is 19.0. The second kappa shape index (κ2) is 33.6. The van der Waals surface area contributed by atoms with Crippen molar-refractivity contribution in [3.8, 4) is 0 Å². The fraction of sp³-hybridized carbons (Fsp3) is 0.892. The zero-order valence-corrected chi connectivity index (χ0v) is 31.4. The van der Waals surface area contributed by atoms with Gasteiger partial charge in [0.25, 0.3) is 0 Å². The molecule has 0 heterocycles. The number of aliphatic hydroxyl groups is 1. The molecular formula is C37H70N2O8S. The second-order valence-corrected chi connectivity index (χ2v) is 14.0. The van der Waals surface area contributed by atoms with Crippen LogP contribution in [0.3, 0.4) is 0 Å². The normalized spacial score (nSPS) is 13.0. The van der Waals surface area contributed by atoms with Crippen molar-refractivity contribution in [3.05, 3.63) is 0 Å². The molecule has 0 fully saturated rings. The molecule has 48 heavy (non-hydrogen) atoms. The molecule has 282 valence electrons. The second-order valence-electron chi connectivity index (χ2n) is 12.9. The van der Waals surface area contributed by atoms with Crippen molar-refractivity contribution in [1.29, 1.82) is 0 Å². The van der Waals surface area contributed by atoms with Crippen LogP contribution in [0.2, 0.25) is 0 Å². The van der Waals surface area contributed by atoms with E-state index in [1.54, 1.807) is 0 Å². The van der Waals surface area contributed by atoms with Crippen LogP contribution < -0.4 is 11.1 Å². The molecule has 0 radical (unpaired) electrons. The van der Waals surface area contributed by atoms with Gasteiger partial charge in [-0.05, 0) is 19.3 Å². The molecule has 10 nitrogen and oxygen atoms in total. The summed E-state index contributed by atoms with van der Waals surface area (Å²) >= 11 is 1.33. The van der Waals surface area contributed by atoms with Crippen LogP contribution in [0.4, 0.5) is 0 Å². The van der Waals surface area contributed by atoms with E-state index in [0.717, 1.165) is 45.6 Å². The van der Waals surface area contributed by atoms with E-state index >= 15 is 0 Å². The molecule has 0 spiro atoms. The number of hydrogen-bond acceptors (Lipinski definition) is 10. The number of nitrogens with one attached hydrogen (secondary N) is 1. The average Bonchev–Trinajstić information content (AvgIpc) is 3.07. The molecule has 4 N–H and O–H groups in total. The van der Waals surface area contributed by atoms with Crippen LogP contribution in [0.25, 0.3) is 0 Å². The van der Waals surface area contributed by atoms with Gasteiger partial charge in [-0.3, -0.25) is 14.4 Å². The molecule has 0 aliphatic rings. The van der Waals surface area contributed by atoms with Gasteiger partial charge in [0.15, 0.2) is 6.04 Å². The molecule has 0 aromatic rings. The number of aliphatic hydroxyl groups excluding tert-OH is 1. The number of thioether (sulfide) groups is 1. The van der Waals surface area contributed by atoms with Crippen LogP contribution in [-0.4, -0.2) is 78.9 Å². The van der Waals surface area contributed by atoms with Gasteiger partial charge >= 0.3 is 17.9 Å². The van der Waals surface area contributed by atoms with E-state index in [-0.39, 0.29) is 24.7 Å². The van der Waals surface area contributed by atoms with Crippen molar-refractivity contribution < 1.29 is 38.5 Å². The first-order chi connectivity index (χ1) is 23.3. The zero-order chi connectivity index (χ0) is 35.7. The monoisotopic (exact) mass is 702 g/mol. The first kappa shape index (κ1) is 46.1. The van der Waals surface area contributed by atoms with Crippen molar-refractivity contribution >= 4 is 35.6 Å². The summed E-state index contributed by atoms with van der Waals surface area (Å²) in [5, 5.41) is 11.6. The lowest BCUT2D eigenvalue weighted by Gasteiger charge is -2.18. The van der Waals surface area contributed by atoms with Crippen molar-refractivity contribution in [3.63, 3.8) is 0 Å². The van der Waals surface area contributed by atoms with Gasteiger partial charge < -0.3 is 30.4 Å². The Balaban J connectivity index is 4.46. The smallest absolute Gasteiger partial charge is 0.330 e. The SMILES string of the molecule is CCCCCCCCCCCCCC(=O)OC(CCCCCCCCCCC)CC(=O)OCCSC[C@H](N)C(=O)N[C@@H](CO)C(=O)OC. The summed E-state index contributed by atoms with van der Waals surface area (Å²) in [6.45, 7) is 4.01. The Morgan fingerprint density at radius 2 is 1.23 bits per heavy atom. The minimum Gasteiger partial charge on any atom is -0.467 e. The number of rotatable bonds is 34. The lowest BCUT2D eigenvalue weighted by atomic mass is 10.0. The Morgan fingerprint density at radius 3 is 1.73 bits per heavy atom. The van der Waals surface area contributed by atoms with E-state index in [2.05, 4.69) is 23.9 Å². The predicted molar refractivity (Wildman–Crippen MR) is 195 cm³/mol. The third kappa shape index (κ3) is 28.0. The molecule has 1 amide bonds. The van der Waals surface area contributed by atoms with E-state index in [9.17, 15) is 24.3 Å². The van der Waals surface area contributed by atoms with Crippen LogP contribution in [0.15, 0.2) is 0 Å². The van der Waals surface area contributed by atoms with Gasteiger partial charge in [-0.2, -0.15) is 11.8 Å². The summed E-state index contributed by atoms with van der Waals surface area (Å²) < 4.78 is 15.7. The highest BCUT2D eigenvalue weighted by molar-refractivity contribution is 7.99. The number of nitrogens with two attached hydrogens (primary N) is 1. The first-order valence-corrected chi connectivity index (χ1v) is 20.1. The molecular weight excluding hydrogens is 632 g/mol. The average molecular weight is 703 g/mol. The van der Waals surface area contributed by atoms with E-state index in [1.165, 1.54) is 102 Å². The molecule has 0 rings (SSSR count). The van der Waals surface area contributed by atoms with Gasteiger partial charge in [0, 0.05) is 17.9 Å². The van der Waals surface area contributed by atoms with E-state index in [0.29, 0.717) is 18.6 Å². The summed E-state index contributed by atoms with van der Waals surface area (Å²) in [5.41, 5.74) is 5.89. The van der Waals surface area contributed by atoms with Crippen LogP contribution in [0, 0.1) is 0 Å². The number of ether oxygens (including phenoxy) is 3. The minimum atomic E-state index is -1.17. The number of methoxy groups -OCH3 is 1. The number of hydrogen-bond donors (Lipinski definition) is 3. The largest absolute Gasteiger partial charge is 0.467 e. The molecule has 0 saturated heterocycles. The molecule has 0 bridgehead atoms. The molecule has 0 saturated carbocycles. The van der Waals surface area contributed by atoms with Crippen LogP contribution in [0.1, 0.15) is 162 Å². The van der Waals surface area contributed by atoms with Gasteiger partial charge in [0.05, 0.1) is 26.2 Å². The van der Waals surface area contributed by atoms with Gasteiger partial charge in [-0.15, -0.1) is 0 Å². The lowest BCUT2D eigenvalue weighted by Crippen LogP contribution is -2.51. The lowest BCUT2D eigenvalue weighted by molar-refractivity contribution is -0.155. The molecule has 0 aromatic carbocycles. The third-order valence-corrected chi connectivity index (χ3v) is 9.47. The summed E-state index contributed by atoms with van der Waals surface area (Å²) in [7, 11) is 1.16. The quantitative estimate of drug-likeness (QED) is 0.0357. The highest BCUT2D eigenvalue weighted by Crippen LogP contribution is 2.17. The van der Waals surface area contributed by atoms with E-state index < -0.39 is 42.6 Å². The highest BCUT2D eigenvalue weighted by Gasteiger charge is 2.24. The Kier molecular flexibility index (Phi) is 32.3. The van der Waals surface area contributed by atoms with Crippen LogP contribution >= 0.6 is 11.8 Å². The standard InChI is InChI=1S/C37H70N2O8S/c1-4-6-8-10-12-14-15-17-19-21-23-25-34(41)47-31(24-22-20-18-16-13-11-9-7-5-2)28-35(42)46-26-27-48-30-32(38)36(43)39-33(29-40)37(44)45-3/h31-33,40H,4-30,38H2,1-3H3,(H,39,43)/t31?,32-,33-/m0/s1. The number of esters is 3. The van der Waals surface area contributed by atoms with Crippen LogP contribution in [-0.2, 0) is 33.4 Å². The number of amides is 1. The maximum atomic E-state index is 12.7. The van der Waals surface area contributed by atoms with Crippen molar-refractivity contribution in [2.45, 2.75) is 180 Å². The highest BCUT2D eigenvalue weighted by atomic mass is 32.2. The Labute approximate surface area is 296 Å². The Morgan fingerprint density at radius 1 is 0.729 bits per heavy atom. The molecule has 3 atom stereocenters. The molecule has 0 aromatic heterocycles. The maximum absolute atomic E-state index is 12.7. The van der Waals surface area contributed by atoms with Crippen molar-refractivity contribution in [1.82, 2.24) is 5.32 Å². The zero-order valence-electron chi connectivity index (χ0n) is 30.6. The van der Waals surface area contributed by atoms with Crippen molar-refractivity contribution in [2.75, 3.05) is 31.8 Å². The van der Waals surface area contributed by atoms with Gasteiger partial charge in [0.1, 0.15) is 12.7 Å². The molecule has 1 unspecified atom stereocenters. The van der Waals surface area contributed by atoms with E-state index in [1.807, 2.05) is 0 Å². The fourth-order valence-corrected chi connectivity index (χ4v) is 6.18. The maximum Gasteiger partial charge on any atom is 0.330 e. The molecule has 0 aliphatic heterocycles. The summed E-state index contributed by atoms with van der Waals surface area (Å²) in [6, 6.07) is -2.08. The topological polar surface area (TPSA) is 154 Å². The number of carbonyl (C=O) groups excluding carboxylic acids is 4. The van der Waals surface area contributed by atoms with Crippen molar-refractivity contribution in [2.24, 2.45) is 5.73 Å². The van der Waals surface area contributed by atoms with Gasteiger partial charge in [-0.25, -0.2) is 4.79 Å².